The monoisotopic (exact) mass is 296 g/mol. The van der Waals surface area contributed by atoms with Crippen molar-refractivity contribution in [1.29, 1.82) is 0 Å². The van der Waals surface area contributed by atoms with Gasteiger partial charge < -0.3 is 16.2 Å². The Balaban J connectivity index is 2.86. The molecule has 116 valence electrons. The second-order valence-corrected chi connectivity index (χ2v) is 6.27. The van der Waals surface area contributed by atoms with Gasteiger partial charge in [-0.15, -0.1) is 0 Å². The number of benzene rings is 1. The molecule has 0 saturated carbocycles. The maximum absolute atomic E-state index is 13.7. The second kappa shape index (κ2) is 6.56. The number of nitrogens with one attached hydrogen (secondary N) is 1. The lowest BCUT2D eigenvalue weighted by Gasteiger charge is -2.26. The fourth-order valence-electron chi connectivity index (χ4n) is 2.10. The van der Waals surface area contributed by atoms with E-state index in [0.717, 1.165) is 6.07 Å². The number of anilines is 1. The summed E-state index contributed by atoms with van der Waals surface area (Å²) in [4.78, 5) is 23.0. The third-order valence-electron chi connectivity index (χ3n) is 2.85. The van der Waals surface area contributed by atoms with E-state index in [4.69, 9.17) is 10.8 Å². The lowest BCUT2D eigenvalue weighted by Crippen LogP contribution is -2.39. The first kappa shape index (κ1) is 16.9. The van der Waals surface area contributed by atoms with E-state index in [2.05, 4.69) is 5.32 Å². The zero-order valence-electron chi connectivity index (χ0n) is 12.4. The third-order valence-corrected chi connectivity index (χ3v) is 2.85. The summed E-state index contributed by atoms with van der Waals surface area (Å²) in [5.41, 5.74) is 5.35. The molecule has 1 aromatic rings. The normalized spacial score (nSPS) is 12.8. The summed E-state index contributed by atoms with van der Waals surface area (Å²) in [6.07, 6.45) is 0.265. The number of hydrogen-bond acceptors (Lipinski definition) is 3. The van der Waals surface area contributed by atoms with E-state index in [9.17, 15) is 14.0 Å². The number of amides is 1. The van der Waals surface area contributed by atoms with Crippen molar-refractivity contribution in [2.75, 3.05) is 5.73 Å². The molecule has 0 aliphatic carbocycles. The summed E-state index contributed by atoms with van der Waals surface area (Å²) in [6, 6.07) is 3.21. The average Bonchev–Trinajstić information content (AvgIpc) is 2.24. The molecule has 5 nitrogen and oxygen atoms in total. The van der Waals surface area contributed by atoms with Crippen molar-refractivity contribution >= 4 is 17.6 Å². The average molecular weight is 296 g/mol. The Labute approximate surface area is 123 Å². The predicted octanol–water partition coefficient (Wildman–Crippen LogP) is 2.42. The summed E-state index contributed by atoms with van der Waals surface area (Å²) < 4.78 is 13.7. The standard InChI is InChI=1S/C15H21FN2O3/c1-15(2,3)8-10(7-13(19)20)18-14(21)11-5-4-9(17)6-12(11)16/h4-6,10H,7-8,17H2,1-3H3,(H,18,21)(H,19,20). The Morgan fingerprint density at radius 1 is 1.38 bits per heavy atom. The van der Waals surface area contributed by atoms with Crippen molar-refractivity contribution in [3.8, 4) is 0 Å². The van der Waals surface area contributed by atoms with Crippen LogP contribution in [0.4, 0.5) is 10.1 Å². The number of carboxylic acids is 1. The summed E-state index contributed by atoms with van der Waals surface area (Å²) in [5.74, 6) is -2.37. The molecule has 0 fully saturated rings. The zero-order valence-corrected chi connectivity index (χ0v) is 12.4. The Bertz CT molecular complexity index is 538. The lowest BCUT2D eigenvalue weighted by atomic mass is 9.87. The molecular formula is C15H21FN2O3. The molecule has 0 aromatic heterocycles. The first-order chi connectivity index (χ1) is 9.58. The molecule has 21 heavy (non-hydrogen) atoms. The van der Waals surface area contributed by atoms with Crippen LogP contribution < -0.4 is 11.1 Å². The number of aliphatic carboxylic acids is 1. The summed E-state index contributed by atoms with van der Waals surface area (Å²) in [5, 5.41) is 11.5. The molecule has 0 aliphatic rings. The van der Waals surface area contributed by atoms with Crippen molar-refractivity contribution in [1.82, 2.24) is 5.32 Å². The van der Waals surface area contributed by atoms with Gasteiger partial charge in [-0.05, 0) is 30.0 Å². The highest BCUT2D eigenvalue weighted by atomic mass is 19.1. The lowest BCUT2D eigenvalue weighted by molar-refractivity contribution is -0.137. The molecule has 4 N–H and O–H groups in total. The van der Waals surface area contributed by atoms with E-state index in [-0.39, 0.29) is 23.1 Å². The number of carboxylic acid groups (broad SMARTS) is 1. The molecule has 0 bridgehead atoms. The number of hydrogen-bond donors (Lipinski definition) is 3. The van der Waals surface area contributed by atoms with E-state index < -0.39 is 23.7 Å². The van der Waals surface area contributed by atoms with E-state index in [1.165, 1.54) is 12.1 Å². The topological polar surface area (TPSA) is 92.4 Å². The van der Waals surface area contributed by atoms with Crippen LogP contribution in [-0.2, 0) is 4.79 Å². The van der Waals surface area contributed by atoms with Crippen molar-refractivity contribution in [2.24, 2.45) is 5.41 Å². The fourth-order valence-corrected chi connectivity index (χ4v) is 2.10. The molecule has 1 rings (SSSR count). The molecule has 1 aromatic carbocycles. The quantitative estimate of drug-likeness (QED) is 0.727. The minimum Gasteiger partial charge on any atom is -0.481 e. The van der Waals surface area contributed by atoms with Crippen LogP contribution in [0.1, 0.15) is 44.0 Å². The predicted molar refractivity (Wildman–Crippen MR) is 78.4 cm³/mol. The molecule has 0 heterocycles. The first-order valence-electron chi connectivity index (χ1n) is 6.66. The molecule has 0 radical (unpaired) electrons. The van der Waals surface area contributed by atoms with Crippen molar-refractivity contribution in [3.05, 3.63) is 29.6 Å². The molecule has 1 unspecified atom stereocenters. The fraction of sp³-hybridized carbons (Fsp3) is 0.467. The van der Waals surface area contributed by atoms with Gasteiger partial charge in [-0.1, -0.05) is 20.8 Å². The van der Waals surface area contributed by atoms with E-state index in [1.807, 2.05) is 20.8 Å². The SMILES string of the molecule is CC(C)(C)CC(CC(=O)O)NC(=O)c1ccc(N)cc1F. The van der Waals surface area contributed by atoms with Gasteiger partial charge in [0, 0.05) is 11.7 Å². The van der Waals surface area contributed by atoms with Gasteiger partial charge in [0.2, 0.25) is 0 Å². The van der Waals surface area contributed by atoms with Crippen LogP contribution in [0.25, 0.3) is 0 Å². The highest BCUT2D eigenvalue weighted by Crippen LogP contribution is 2.22. The van der Waals surface area contributed by atoms with Crippen LogP contribution >= 0.6 is 0 Å². The van der Waals surface area contributed by atoms with Gasteiger partial charge in [-0.2, -0.15) is 0 Å². The summed E-state index contributed by atoms with van der Waals surface area (Å²) >= 11 is 0. The van der Waals surface area contributed by atoms with Gasteiger partial charge in [0.1, 0.15) is 5.82 Å². The molecule has 1 atom stereocenters. The van der Waals surface area contributed by atoms with Crippen molar-refractivity contribution < 1.29 is 19.1 Å². The van der Waals surface area contributed by atoms with Gasteiger partial charge in [-0.25, -0.2) is 4.39 Å². The van der Waals surface area contributed by atoms with E-state index in [0.29, 0.717) is 6.42 Å². The minimum atomic E-state index is -1.01. The number of halogens is 1. The van der Waals surface area contributed by atoms with Gasteiger partial charge in [0.25, 0.3) is 5.91 Å². The van der Waals surface area contributed by atoms with E-state index in [1.54, 1.807) is 0 Å². The molecule has 1 amide bonds. The Morgan fingerprint density at radius 2 is 2.00 bits per heavy atom. The van der Waals surface area contributed by atoms with Crippen molar-refractivity contribution in [2.45, 2.75) is 39.7 Å². The first-order valence-corrected chi connectivity index (χ1v) is 6.66. The third kappa shape index (κ3) is 5.81. The van der Waals surface area contributed by atoms with Crippen LogP contribution in [0.5, 0.6) is 0 Å². The molecule has 0 spiro atoms. The maximum Gasteiger partial charge on any atom is 0.305 e. The molecule has 6 heteroatoms. The summed E-state index contributed by atoms with van der Waals surface area (Å²) in [6.45, 7) is 5.83. The Kier molecular flexibility index (Phi) is 5.29. The highest BCUT2D eigenvalue weighted by Gasteiger charge is 2.24. The number of rotatable bonds is 5. The maximum atomic E-state index is 13.7. The largest absolute Gasteiger partial charge is 0.481 e. The van der Waals surface area contributed by atoms with Crippen LogP contribution in [0, 0.1) is 11.2 Å². The van der Waals surface area contributed by atoms with Crippen LogP contribution in [0.3, 0.4) is 0 Å². The summed E-state index contributed by atoms with van der Waals surface area (Å²) in [7, 11) is 0. The van der Waals surface area contributed by atoms with Gasteiger partial charge in [0.15, 0.2) is 0 Å². The number of carbonyl (C=O) groups excluding carboxylic acids is 1. The molecule has 0 saturated heterocycles. The number of nitrogen functional groups attached to an aromatic ring is 1. The number of carbonyl (C=O) groups is 2. The Morgan fingerprint density at radius 3 is 2.48 bits per heavy atom. The van der Waals surface area contributed by atoms with Gasteiger partial charge in [0.05, 0.1) is 12.0 Å². The zero-order chi connectivity index (χ0) is 16.2. The second-order valence-electron chi connectivity index (χ2n) is 6.27. The minimum absolute atomic E-state index is 0.145. The number of nitrogens with two attached hydrogens (primary N) is 1. The van der Waals surface area contributed by atoms with Crippen LogP contribution in [0.2, 0.25) is 0 Å². The van der Waals surface area contributed by atoms with Gasteiger partial charge in [-0.3, -0.25) is 9.59 Å². The van der Waals surface area contributed by atoms with Crippen LogP contribution in [-0.4, -0.2) is 23.0 Å². The van der Waals surface area contributed by atoms with E-state index >= 15 is 0 Å². The smallest absolute Gasteiger partial charge is 0.305 e. The molecule has 0 aliphatic heterocycles. The van der Waals surface area contributed by atoms with Crippen LogP contribution in [0.15, 0.2) is 18.2 Å². The van der Waals surface area contributed by atoms with Gasteiger partial charge >= 0.3 is 5.97 Å². The highest BCUT2D eigenvalue weighted by molar-refractivity contribution is 5.95. The molecular weight excluding hydrogens is 275 g/mol. The Hall–Kier alpha value is -2.11. The van der Waals surface area contributed by atoms with Crippen molar-refractivity contribution in [3.63, 3.8) is 0 Å².